The molecule has 0 saturated carbocycles. The highest BCUT2D eigenvalue weighted by atomic mass is 16.5. The number of nitrogens with two attached hydrogens (primary N) is 1. The zero-order chi connectivity index (χ0) is 13.9. The van der Waals surface area contributed by atoms with Gasteiger partial charge in [-0.25, -0.2) is 4.98 Å². The van der Waals surface area contributed by atoms with Gasteiger partial charge in [-0.1, -0.05) is 0 Å². The smallest absolute Gasteiger partial charge is 0.119 e. The van der Waals surface area contributed by atoms with Crippen LogP contribution in [0.25, 0.3) is 11.3 Å². The molecule has 1 aromatic heterocycles. The van der Waals surface area contributed by atoms with Gasteiger partial charge in [0, 0.05) is 12.0 Å². The highest BCUT2D eigenvalue weighted by Gasteiger charge is 2.14. The van der Waals surface area contributed by atoms with Crippen LogP contribution < -0.4 is 10.5 Å². The molecular weight excluding hydrogens is 238 g/mol. The van der Waals surface area contributed by atoms with Crippen molar-refractivity contribution in [3.05, 3.63) is 36.3 Å². The first kappa shape index (κ1) is 13.6. The van der Waals surface area contributed by atoms with E-state index < -0.39 is 0 Å². The van der Waals surface area contributed by atoms with E-state index in [0.29, 0.717) is 6.61 Å². The molecule has 4 nitrogen and oxygen atoms in total. The monoisotopic (exact) mass is 259 g/mol. The minimum absolute atomic E-state index is 0.256. The predicted molar refractivity (Wildman–Crippen MR) is 77.2 cm³/mol. The Labute approximate surface area is 114 Å². The molecule has 0 spiro atoms. The fourth-order valence-electron chi connectivity index (χ4n) is 1.93. The Balaban J connectivity index is 2.13. The molecule has 19 heavy (non-hydrogen) atoms. The van der Waals surface area contributed by atoms with Crippen LogP contribution in [0, 0.1) is 0 Å². The normalized spacial score (nSPS) is 11.6. The van der Waals surface area contributed by atoms with Crippen molar-refractivity contribution in [1.29, 1.82) is 0 Å². The van der Waals surface area contributed by atoms with E-state index in [-0.39, 0.29) is 5.54 Å². The Hall–Kier alpha value is -1.81. The van der Waals surface area contributed by atoms with Gasteiger partial charge in [0.25, 0.3) is 0 Å². The lowest BCUT2D eigenvalue weighted by Gasteiger charge is -2.15. The molecule has 3 N–H and O–H groups in total. The Morgan fingerprint density at radius 2 is 1.95 bits per heavy atom. The molecule has 2 rings (SSSR count). The molecule has 2 aromatic rings. The molecule has 4 heteroatoms. The van der Waals surface area contributed by atoms with Crippen molar-refractivity contribution in [2.45, 2.75) is 32.7 Å². The highest BCUT2D eigenvalue weighted by molar-refractivity contribution is 5.59. The maximum Gasteiger partial charge on any atom is 0.119 e. The zero-order valence-electron chi connectivity index (χ0n) is 11.7. The quantitative estimate of drug-likeness (QED) is 0.867. The molecule has 0 radical (unpaired) electrons. The Morgan fingerprint density at radius 3 is 2.53 bits per heavy atom. The van der Waals surface area contributed by atoms with E-state index >= 15 is 0 Å². The number of H-pyrrole nitrogens is 1. The van der Waals surface area contributed by atoms with E-state index in [1.807, 2.05) is 51.2 Å². The van der Waals surface area contributed by atoms with Gasteiger partial charge >= 0.3 is 0 Å². The second kappa shape index (κ2) is 5.45. The van der Waals surface area contributed by atoms with Crippen molar-refractivity contribution < 1.29 is 4.74 Å². The number of benzene rings is 1. The van der Waals surface area contributed by atoms with Crippen LogP contribution in [-0.2, 0) is 6.42 Å². The summed E-state index contributed by atoms with van der Waals surface area (Å²) in [6, 6.07) is 7.98. The molecule has 0 aliphatic rings. The van der Waals surface area contributed by atoms with Gasteiger partial charge in [0.1, 0.15) is 11.6 Å². The average molecular weight is 259 g/mol. The van der Waals surface area contributed by atoms with Crippen LogP contribution in [0.2, 0.25) is 0 Å². The van der Waals surface area contributed by atoms with Gasteiger partial charge in [-0.3, -0.25) is 0 Å². The van der Waals surface area contributed by atoms with Crippen molar-refractivity contribution >= 4 is 0 Å². The highest BCUT2D eigenvalue weighted by Crippen LogP contribution is 2.21. The molecule has 0 bridgehead atoms. The lowest BCUT2D eigenvalue weighted by molar-refractivity contribution is 0.340. The summed E-state index contributed by atoms with van der Waals surface area (Å²) in [5, 5.41) is 0. The number of imidazole rings is 1. The van der Waals surface area contributed by atoms with Crippen molar-refractivity contribution in [3.63, 3.8) is 0 Å². The van der Waals surface area contributed by atoms with E-state index in [1.54, 1.807) is 0 Å². The summed E-state index contributed by atoms with van der Waals surface area (Å²) < 4.78 is 5.43. The van der Waals surface area contributed by atoms with Gasteiger partial charge in [-0.05, 0) is 50.6 Å². The molecule has 0 unspecified atom stereocenters. The summed E-state index contributed by atoms with van der Waals surface area (Å²) in [6.07, 6.45) is 2.57. The van der Waals surface area contributed by atoms with Crippen molar-refractivity contribution in [2.75, 3.05) is 6.61 Å². The topological polar surface area (TPSA) is 63.9 Å². The summed E-state index contributed by atoms with van der Waals surface area (Å²) in [5.41, 5.74) is 7.83. The number of aromatic nitrogens is 2. The third kappa shape index (κ3) is 3.83. The Morgan fingerprint density at radius 1 is 1.26 bits per heavy atom. The lowest BCUT2D eigenvalue weighted by Crippen LogP contribution is -2.34. The fraction of sp³-hybridized carbons (Fsp3) is 0.400. The molecule has 1 aromatic carbocycles. The molecule has 0 aliphatic carbocycles. The maximum atomic E-state index is 5.99. The third-order valence-corrected chi connectivity index (χ3v) is 2.73. The predicted octanol–water partition coefficient (Wildman–Crippen LogP) is 2.76. The summed E-state index contributed by atoms with van der Waals surface area (Å²) in [5.74, 6) is 1.80. The zero-order valence-corrected chi connectivity index (χ0v) is 11.7. The molecule has 0 fully saturated rings. The van der Waals surface area contributed by atoms with Crippen LogP contribution in [-0.4, -0.2) is 22.1 Å². The van der Waals surface area contributed by atoms with Gasteiger partial charge in [0.2, 0.25) is 0 Å². The van der Waals surface area contributed by atoms with Crippen molar-refractivity contribution in [3.8, 4) is 17.0 Å². The largest absolute Gasteiger partial charge is 0.494 e. The second-order valence-electron chi connectivity index (χ2n) is 5.37. The van der Waals surface area contributed by atoms with E-state index in [9.17, 15) is 0 Å². The average Bonchev–Trinajstić information content (AvgIpc) is 2.76. The SMILES string of the molecule is CCOc1ccc(-c2cnc(CC(C)(C)N)[nH]2)cc1. The number of nitrogens with one attached hydrogen (secondary N) is 1. The maximum absolute atomic E-state index is 5.99. The second-order valence-corrected chi connectivity index (χ2v) is 5.37. The molecular formula is C15H21N3O. The van der Waals surface area contributed by atoms with Crippen LogP contribution in [0.15, 0.2) is 30.5 Å². The van der Waals surface area contributed by atoms with Crippen LogP contribution in [0.4, 0.5) is 0 Å². The fourth-order valence-corrected chi connectivity index (χ4v) is 1.93. The van der Waals surface area contributed by atoms with Crippen LogP contribution in [0.3, 0.4) is 0 Å². The van der Waals surface area contributed by atoms with Gasteiger partial charge < -0.3 is 15.5 Å². The number of aromatic amines is 1. The molecule has 102 valence electrons. The first-order valence-electron chi connectivity index (χ1n) is 6.54. The number of hydrogen-bond acceptors (Lipinski definition) is 3. The number of ether oxygens (including phenoxy) is 1. The van der Waals surface area contributed by atoms with Gasteiger partial charge in [0.05, 0.1) is 18.5 Å². The standard InChI is InChI=1S/C15H21N3O/c1-4-19-12-7-5-11(6-8-12)13-10-17-14(18-13)9-15(2,3)16/h5-8,10H,4,9,16H2,1-3H3,(H,17,18). The van der Waals surface area contributed by atoms with Crippen molar-refractivity contribution in [2.24, 2.45) is 5.73 Å². The molecule has 0 saturated heterocycles. The first-order chi connectivity index (χ1) is 8.98. The molecule has 1 heterocycles. The summed E-state index contributed by atoms with van der Waals surface area (Å²) in [4.78, 5) is 7.68. The summed E-state index contributed by atoms with van der Waals surface area (Å²) in [7, 11) is 0. The molecule has 0 amide bonds. The molecule has 0 atom stereocenters. The third-order valence-electron chi connectivity index (χ3n) is 2.73. The Bertz CT molecular complexity index is 523. The number of nitrogens with zero attached hydrogens (tertiary/aromatic N) is 1. The van der Waals surface area contributed by atoms with Gasteiger partial charge in [0.15, 0.2) is 0 Å². The first-order valence-corrected chi connectivity index (χ1v) is 6.54. The van der Waals surface area contributed by atoms with Gasteiger partial charge in [-0.2, -0.15) is 0 Å². The van der Waals surface area contributed by atoms with E-state index in [4.69, 9.17) is 10.5 Å². The van der Waals surface area contributed by atoms with E-state index in [1.165, 1.54) is 0 Å². The van der Waals surface area contributed by atoms with E-state index in [0.717, 1.165) is 29.3 Å². The molecule has 0 aliphatic heterocycles. The van der Waals surface area contributed by atoms with Crippen LogP contribution >= 0.6 is 0 Å². The summed E-state index contributed by atoms with van der Waals surface area (Å²) >= 11 is 0. The van der Waals surface area contributed by atoms with Crippen LogP contribution in [0.1, 0.15) is 26.6 Å². The number of hydrogen-bond donors (Lipinski definition) is 2. The number of rotatable bonds is 5. The minimum atomic E-state index is -0.256. The van der Waals surface area contributed by atoms with Gasteiger partial charge in [-0.15, -0.1) is 0 Å². The lowest BCUT2D eigenvalue weighted by atomic mass is 10.0. The van der Waals surface area contributed by atoms with E-state index in [2.05, 4.69) is 9.97 Å². The van der Waals surface area contributed by atoms with Crippen LogP contribution in [0.5, 0.6) is 5.75 Å². The van der Waals surface area contributed by atoms with Crippen molar-refractivity contribution in [1.82, 2.24) is 9.97 Å². The Kier molecular flexibility index (Phi) is 3.90. The summed E-state index contributed by atoms with van der Waals surface area (Å²) in [6.45, 7) is 6.64. The minimum Gasteiger partial charge on any atom is -0.494 e.